The normalized spacial score (nSPS) is 10.3. The highest BCUT2D eigenvalue weighted by atomic mass is 35.5. The SMILES string of the molecule is N#Cc1ccc(NC(=O)COC(=O)/C=C/c2c(Cl)cccc2Cl)cc1. The molecule has 0 spiro atoms. The number of halogens is 2. The molecule has 2 aromatic carbocycles. The van der Waals surface area contributed by atoms with E-state index in [0.29, 0.717) is 26.9 Å². The molecule has 0 saturated heterocycles. The molecule has 1 amide bonds. The summed E-state index contributed by atoms with van der Waals surface area (Å²) in [6, 6.07) is 13.2. The third-order valence-corrected chi connectivity index (χ3v) is 3.69. The number of benzene rings is 2. The third kappa shape index (κ3) is 5.64. The molecule has 7 heteroatoms. The summed E-state index contributed by atoms with van der Waals surface area (Å²) in [5.74, 6) is -1.20. The fourth-order valence-corrected chi connectivity index (χ4v) is 2.35. The number of ether oxygens (including phenoxy) is 1. The van der Waals surface area contributed by atoms with E-state index in [0.717, 1.165) is 6.08 Å². The number of hydrogen-bond donors (Lipinski definition) is 1. The van der Waals surface area contributed by atoms with Crippen LogP contribution in [0.25, 0.3) is 6.08 Å². The molecule has 2 aromatic rings. The Morgan fingerprint density at radius 3 is 2.36 bits per heavy atom. The van der Waals surface area contributed by atoms with Crippen LogP contribution in [0.15, 0.2) is 48.5 Å². The van der Waals surface area contributed by atoms with Gasteiger partial charge in [-0.25, -0.2) is 4.79 Å². The molecule has 0 aliphatic heterocycles. The maximum atomic E-state index is 11.7. The van der Waals surface area contributed by atoms with Crippen molar-refractivity contribution in [3.8, 4) is 6.07 Å². The zero-order chi connectivity index (χ0) is 18.2. The first-order chi connectivity index (χ1) is 12.0. The van der Waals surface area contributed by atoms with Gasteiger partial charge in [0, 0.05) is 27.4 Å². The first kappa shape index (κ1) is 18.5. The zero-order valence-electron chi connectivity index (χ0n) is 12.8. The lowest BCUT2D eigenvalue weighted by atomic mass is 10.2. The van der Waals surface area contributed by atoms with Gasteiger partial charge < -0.3 is 10.1 Å². The van der Waals surface area contributed by atoms with Gasteiger partial charge in [0.25, 0.3) is 5.91 Å². The van der Waals surface area contributed by atoms with Crippen LogP contribution in [-0.4, -0.2) is 18.5 Å². The number of hydrogen-bond acceptors (Lipinski definition) is 4. The lowest BCUT2D eigenvalue weighted by molar-refractivity contribution is -0.142. The van der Waals surface area contributed by atoms with Gasteiger partial charge in [0.1, 0.15) is 0 Å². The molecule has 5 nitrogen and oxygen atoms in total. The van der Waals surface area contributed by atoms with Crippen LogP contribution in [0.4, 0.5) is 5.69 Å². The second kappa shape index (κ2) is 8.88. The van der Waals surface area contributed by atoms with Crippen molar-refractivity contribution in [1.29, 1.82) is 5.26 Å². The zero-order valence-corrected chi connectivity index (χ0v) is 14.3. The monoisotopic (exact) mass is 374 g/mol. The molecule has 0 atom stereocenters. The largest absolute Gasteiger partial charge is 0.452 e. The van der Waals surface area contributed by atoms with Crippen molar-refractivity contribution < 1.29 is 14.3 Å². The number of nitrogens with one attached hydrogen (secondary N) is 1. The topological polar surface area (TPSA) is 79.2 Å². The Hall–Kier alpha value is -2.81. The van der Waals surface area contributed by atoms with E-state index in [1.807, 2.05) is 6.07 Å². The smallest absolute Gasteiger partial charge is 0.331 e. The Morgan fingerprint density at radius 1 is 1.12 bits per heavy atom. The predicted molar refractivity (Wildman–Crippen MR) is 96.2 cm³/mol. The molecule has 2 rings (SSSR count). The van der Waals surface area contributed by atoms with Crippen LogP contribution in [0, 0.1) is 11.3 Å². The van der Waals surface area contributed by atoms with Crippen LogP contribution >= 0.6 is 23.2 Å². The molecule has 0 unspecified atom stereocenters. The highest BCUT2D eigenvalue weighted by Gasteiger charge is 2.07. The summed E-state index contributed by atoms with van der Waals surface area (Å²) in [5, 5.41) is 12.1. The molecule has 126 valence electrons. The fourth-order valence-electron chi connectivity index (χ4n) is 1.83. The molecule has 1 N–H and O–H groups in total. The van der Waals surface area contributed by atoms with E-state index < -0.39 is 18.5 Å². The van der Waals surface area contributed by atoms with E-state index in [9.17, 15) is 9.59 Å². The second-order valence-corrected chi connectivity index (χ2v) is 5.63. The van der Waals surface area contributed by atoms with E-state index in [2.05, 4.69) is 5.32 Å². The molecule has 0 aromatic heterocycles. The van der Waals surface area contributed by atoms with Crippen molar-refractivity contribution in [1.82, 2.24) is 0 Å². The molecular weight excluding hydrogens is 363 g/mol. The van der Waals surface area contributed by atoms with Crippen LogP contribution in [0.2, 0.25) is 10.0 Å². The Morgan fingerprint density at radius 2 is 1.76 bits per heavy atom. The number of esters is 1. The van der Waals surface area contributed by atoms with Gasteiger partial charge in [-0.05, 0) is 42.5 Å². The Kier molecular flexibility index (Phi) is 6.58. The first-order valence-corrected chi connectivity index (χ1v) is 7.84. The Balaban J connectivity index is 1.85. The maximum absolute atomic E-state index is 11.7. The molecule has 0 fully saturated rings. The van der Waals surface area contributed by atoms with E-state index in [1.165, 1.54) is 6.08 Å². The highest BCUT2D eigenvalue weighted by molar-refractivity contribution is 6.37. The van der Waals surface area contributed by atoms with Crippen LogP contribution < -0.4 is 5.32 Å². The van der Waals surface area contributed by atoms with Crippen molar-refractivity contribution >= 4 is 46.8 Å². The summed E-state index contributed by atoms with van der Waals surface area (Å²) < 4.78 is 4.85. The number of carbonyl (C=O) groups is 2. The van der Waals surface area contributed by atoms with Crippen molar-refractivity contribution in [2.45, 2.75) is 0 Å². The number of carbonyl (C=O) groups excluding carboxylic acids is 2. The van der Waals surface area contributed by atoms with E-state index in [-0.39, 0.29) is 0 Å². The van der Waals surface area contributed by atoms with Gasteiger partial charge in [-0.15, -0.1) is 0 Å². The van der Waals surface area contributed by atoms with Crippen LogP contribution in [-0.2, 0) is 14.3 Å². The number of amides is 1. The van der Waals surface area contributed by atoms with E-state index >= 15 is 0 Å². The molecule has 0 bridgehead atoms. The minimum absolute atomic E-state index is 0.398. The number of nitrogens with zero attached hydrogens (tertiary/aromatic N) is 1. The quantitative estimate of drug-likeness (QED) is 0.631. The molecule has 0 heterocycles. The summed E-state index contributed by atoms with van der Waals surface area (Å²) in [6.07, 6.45) is 2.56. The summed E-state index contributed by atoms with van der Waals surface area (Å²) in [4.78, 5) is 23.4. The number of anilines is 1. The molecule has 0 saturated carbocycles. The van der Waals surface area contributed by atoms with Gasteiger partial charge in [-0.1, -0.05) is 29.3 Å². The van der Waals surface area contributed by atoms with Crippen LogP contribution in [0.5, 0.6) is 0 Å². The summed E-state index contributed by atoms with van der Waals surface area (Å²) in [7, 11) is 0. The summed E-state index contributed by atoms with van der Waals surface area (Å²) in [5.41, 5.74) is 1.47. The van der Waals surface area contributed by atoms with Crippen LogP contribution in [0.1, 0.15) is 11.1 Å². The average molecular weight is 375 g/mol. The average Bonchev–Trinajstić information content (AvgIpc) is 2.60. The summed E-state index contributed by atoms with van der Waals surface area (Å²) >= 11 is 12.0. The molecule has 0 aliphatic carbocycles. The van der Waals surface area contributed by atoms with Crippen LogP contribution in [0.3, 0.4) is 0 Å². The van der Waals surface area contributed by atoms with Crippen molar-refractivity contribution in [3.05, 3.63) is 69.7 Å². The summed E-state index contributed by atoms with van der Waals surface area (Å²) in [6.45, 7) is -0.445. The molecule has 0 aliphatic rings. The van der Waals surface area contributed by atoms with Gasteiger partial charge >= 0.3 is 5.97 Å². The van der Waals surface area contributed by atoms with Crippen molar-refractivity contribution in [2.75, 3.05) is 11.9 Å². The predicted octanol–water partition coefficient (Wildman–Crippen LogP) is 4.06. The van der Waals surface area contributed by atoms with E-state index in [4.69, 9.17) is 33.2 Å². The van der Waals surface area contributed by atoms with Gasteiger partial charge in [0.15, 0.2) is 6.61 Å². The van der Waals surface area contributed by atoms with Gasteiger partial charge in [-0.3, -0.25) is 4.79 Å². The Labute approximate surface area is 154 Å². The number of rotatable bonds is 5. The van der Waals surface area contributed by atoms with Crippen molar-refractivity contribution in [3.63, 3.8) is 0 Å². The Bertz CT molecular complexity index is 835. The number of nitriles is 1. The molecule has 25 heavy (non-hydrogen) atoms. The highest BCUT2D eigenvalue weighted by Crippen LogP contribution is 2.25. The second-order valence-electron chi connectivity index (χ2n) is 4.81. The fraction of sp³-hybridized carbons (Fsp3) is 0.0556. The standard InChI is InChI=1S/C18H12Cl2N2O3/c19-15-2-1-3-16(20)14(15)8-9-18(24)25-11-17(23)22-13-6-4-12(10-21)5-7-13/h1-9H,11H2,(H,22,23)/b9-8+. The van der Waals surface area contributed by atoms with Gasteiger partial charge in [0.2, 0.25) is 0 Å². The third-order valence-electron chi connectivity index (χ3n) is 3.03. The van der Waals surface area contributed by atoms with Gasteiger partial charge in [0.05, 0.1) is 11.6 Å². The maximum Gasteiger partial charge on any atom is 0.331 e. The lowest BCUT2D eigenvalue weighted by Crippen LogP contribution is -2.20. The van der Waals surface area contributed by atoms with E-state index in [1.54, 1.807) is 42.5 Å². The van der Waals surface area contributed by atoms with Gasteiger partial charge in [-0.2, -0.15) is 5.26 Å². The minimum Gasteiger partial charge on any atom is -0.452 e. The molecule has 0 radical (unpaired) electrons. The lowest BCUT2D eigenvalue weighted by Gasteiger charge is -2.05. The first-order valence-electron chi connectivity index (χ1n) is 7.08. The molecular formula is C18H12Cl2N2O3. The van der Waals surface area contributed by atoms with Crippen molar-refractivity contribution in [2.24, 2.45) is 0 Å². The minimum atomic E-state index is -0.703.